The molecule has 0 atom stereocenters. The van der Waals surface area contributed by atoms with Crippen molar-refractivity contribution in [2.75, 3.05) is 7.11 Å². The number of aromatic nitrogens is 1. The van der Waals surface area contributed by atoms with Crippen molar-refractivity contribution in [2.24, 2.45) is 0 Å². The topological polar surface area (TPSA) is 34.1 Å². The molecule has 1 aliphatic carbocycles. The maximum Gasteiger partial charge on any atom is 0.145 e. The van der Waals surface area contributed by atoms with E-state index in [-0.39, 0.29) is 0 Å². The van der Waals surface area contributed by atoms with Gasteiger partial charge >= 0.3 is 0 Å². The second kappa shape index (κ2) is 5.81. The largest absolute Gasteiger partial charge is 0.494 e. The summed E-state index contributed by atoms with van der Waals surface area (Å²) in [5.41, 5.74) is 3.06. The van der Waals surface area contributed by atoms with Crippen LogP contribution < -0.4 is 10.1 Å². The molecule has 0 aliphatic heterocycles. The number of benzene rings is 1. The average Bonchev–Trinajstić information content (AvgIpc) is 3.30. The molecule has 0 spiro atoms. The highest BCUT2D eigenvalue weighted by Gasteiger charge is 2.21. The van der Waals surface area contributed by atoms with Crippen LogP contribution in [0, 0.1) is 0 Å². The summed E-state index contributed by atoms with van der Waals surface area (Å²) in [7, 11) is 1.66. The average molecular weight is 289 g/mol. The maximum absolute atomic E-state index is 6.15. The molecule has 20 heavy (non-hydrogen) atoms. The molecule has 104 valence electrons. The molecule has 0 saturated heterocycles. The second-order valence-corrected chi connectivity index (χ2v) is 5.45. The number of halogens is 1. The molecule has 0 bridgehead atoms. The molecule has 1 saturated carbocycles. The predicted octanol–water partition coefficient (Wildman–Crippen LogP) is 3.66. The first-order valence-electron chi connectivity index (χ1n) is 6.79. The summed E-state index contributed by atoms with van der Waals surface area (Å²) in [6, 6.07) is 10.4. The number of nitrogens with zero attached hydrogens (tertiary/aromatic N) is 1. The molecule has 0 amide bonds. The van der Waals surface area contributed by atoms with E-state index >= 15 is 0 Å². The Morgan fingerprint density at radius 3 is 2.95 bits per heavy atom. The van der Waals surface area contributed by atoms with Crippen molar-refractivity contribution in [2.45, 2.75) is 25.4 Å². The molecule has 2 aromatic rings. The smallest absolute Gasteiger partial charge is 0.145 e. The van der Waals surface area contributed by atoms with Gasteiger partial charge in [0, 0.05) is 29.4 Å². The summed E-state index contributed by atoms with van der Waals surface area (Å²) in [5.74, 6) is 0.766. The lowest BCUT2D eigenvalue weighted by Gasteiger charge is -2.13. The van der Waals surface area contributed by atoms with E-state index in [1.165, 1.54) is 18.4 Å². The van der Waals surface area contributed by atoms with Crippen LogP contribution in [0.4, 0.5) is 0 Å². The number of pyridine rings is 1. The van der Waals surface area contributed by atoms with Crippen LogP contribution in [-0.2, 0) is 6.54 Å². The third kappa shape index (κ3) is 2.94. The molecule has 4 heteroatoms. The van der Waals surface area contributed by atoms with Gasteiger partial charge in [-0.2, -0.15) is 0 Å². The quantitative estimate of drug-likeness (QED) is 0.912. The third-order valence-electron chi connectivity index (χ3n) is 3.48. The highest BCUT2D eigenvalue weighted by molar-refractivity contribution is 6.30. The zero-order chi connectivity index (χ0) is 13.9. The second-order valence-electron chi connectivity index (χ2n) is 5.01. The van der Waals surface area contributed by atoms with E-state index in [9.17, 15) is 0 Å². The molecule has 3 rings (SSSR count). The summed E-state index contributed by atoms with van der Waals surface area (Å²) < 4.78 is 5.41. The Balaban J connectivity index is 1.98. The van der Waals surface area contributed by atoms with Gasteiger partial charge in [-0.05, 0) is 42.7 Å². The molecule has 3 nitrogen and oxygen atoms in total. The minimum absolute atomic E-state index is 0.671. The van der Waals surface area contributed by atoms with Gasteiger partial charge in [-0.1, -0.05) is 17.7 Å². The van der Waals surface area contributed by atoms with Crippen LogP contribution in [0.15, 0.2) is 36.5 Å². The van der Waals surface area contributed by atoms with Gasteiger partial charge in [0.2, 0.25) is 0 Å². The van der Waals surface area contributed by atoms with Crippen molar-refractivity contribution in [3.63, 3.8) is 0 Å². The van der Waals surface area contributed by atoms with Gasteiger partial charge in [0.05, 0.1) is 7.11 Å². The van der Waals surface area contributed by atoms with Crippen molar-refractivity contribution in [1.82, 2.24) is 10.3 Å². The minimum atomic E-state index is 0.671. The molecular formula is C16H17ClN2O. The van der Waals surface area contributed by atoms with E-state index in [2.05, 4.69) is 16.4 Å². The van der Waals surface area contributed by atoms with Crippen LogP contribution in [-0.4, -0.2) is 18.1 Å². The first kappa shape index (κ1) is 13.4. The lowest BCUT2D eigenvalue weighted by atomic mass is 10.0. The van der Waals surface area contributed by atoms with E-state index < -0.39 is 0 Å². The number of hydrogen-bond acceptors (Lipinski definition) is 3. The van der Waals surface area contributed by atoms with Crippen LogP contribution in [0.1, 0.15) is 18.4 Å². The lowest BCUT2D eigenvalue weighted by Crippen LogP contribution is -2.16. The maximum atomic E-state index is 6.15. The third-order valence-corrected chi connectivity index (χ3v) is 3.71. The highest BCUT2D eigenvalue weighted by atomic mass is 35.5. The molecular weight excluding hydrogens is 272 g/mol. The standard InChI is InChI=1S/C16H17ClN2O/c1-20-15-3-2-8-18-16(15)14-9-12(17)5-4-11(14)10-19-13-6-7-13/h2-5,8-9,13,19H,6-7,10H2,1H3. The fraction of sp³-hybridized carbons (Fsp3) is 0.312. The number of ether oxygens (including phenoxy) is 1. The zero-order valence-electron chi connectivity index (χ0n) is 11.4. The van der Waals surface area contributed by atoms with E-state index in [4.69, 9.17) is 16.3 Å². The van der Waals surface area contributed by atoms with Gasteiger partial charge in [-0.15, -0.1) is 0 Å². The van der Waals surface area contributed by atoms with Crippen molar-refractivity contribution in [3.05, 3.63) is 47.1 Å². The van der Waals surface area contributed by atoms with Crippen LogP contribution in [0.5, 0.6) is 5.75 Å². The Morgan fingerprint density at radius 1 is 1.35 bits per heavy atom. The van der Waals surface area contributed by atoms with E-state index in [1.807, 2.05) is 24.3 Å². The normalized spacial score (nSPS) is 14.3. The Kier molecular flexibility index (Phi) is 3.90. The van der Waals surface area contributed by atoms with Crippen molar-refractivity contribution < 1.29 is 4.74 Å². The SMILES string of the molecule is COc1cccnc1-c1cc(Cl)ccc1CNC1CC1. The summed E-state index contributed by atoms with van der Waals surface area (Å²) >= 11 is 6.15. The van der Waals surface area contributed by atoms with Crippen molar-refractivity contribution in [3.8, 4) is 17.0 Å². The van der Waals surface area contributed by atoms with Gasteiger partial charge in [-0.3, -0.25) is 4.98 Å². The van der Waals surface area contributed by atoms with Gasteiger partial charge in [0.1, 0.15) is 11.4 Å². The van der Waals surface area contributed by atoms with Crippen LogP contribution >= 0.6 is 11.6 Å². The molecule has 1 fully saturated rings. The fourth-order valence-electron chi connectivity index (χ4n) is 2.22. The van der Waals surface area contributed by atoms with Crippen molar-refractivity contribution >= 4 is 11.6 Å². The van der Waals surface area contributed by atoms with E-state index in [1.54, 1.807) is 13.3 Å². The Labute approximate surface area is 123 Å². The van der Waals surface area contributed by atoms with Gasteiger partial charge in [-0.25, -0.2) is 0 Å². The van der Waals surface area contributed by atoms with Gasteiger partial charge in [0.15, 0.2) is 0 Å². The number of nitrogens with one attached hydrogen (secondary N) is 1. The van der Waals surface area contributed by atoms with E-state index in [0.717, 1.165) is 23.6 Å². The Bertz CT molecular complexity index is 611. The monoisotopic (exact) mass is 288 g/mol. The Morgan fingerprint density at radius 2 is 2.20 bits per heavy atom. The van der Waals surface area contributed by atoms with Gasteiger partial charge in [0.25, 0.3) is 0 Å². The lowest BCUT2D eigenvalue weighted by molar-refractivity contribution is 0.415. The van der Waals surface area contributed by atoms with Crippen molar-refractivity contribution in [1.29, 1.82) is 0 Å². The number of hydrogen-bond donors (Lipinski definition) is 1. The minimum Gasteiger partial charge on any atom is -0.494 e. The predicted molar refractivity (Wildman–Crippen MR) is 81.1 cm³/mol. The molecule has 1 aromatic carbocycles. The number of methoxy groups -OCH3 is 1. The zero-order valence-corrected chi connectivity index (χ0v) is 12.2. The highest BCUT2D eigenvalue weighted by Crippen LogP contribution is 2.32. The molecule has 0 radical (unpaired) electrons. The number of rotatable bonds is 5. The molecule has 0 unspecified atom stereocenters. The molecule has 1 heterocycles. The first-order valence-corrected chi connectivity index (χ1v) is 7.17. The Hall–Kier alpha value is -1.58. The fourth-order valence-corrected chi connectivity index (χ4v) is 2.39. The van der Waals surface area contributed by atoms with Crippen LogP contribution in [0.2, 0.25) is 5.02 Å². The molecule has 1 N–H and O–H groups in total. The van der Waals surface area contributed by atoms with Crippen LogP contribution in [0.3, 0.4) is 0 Å². The summed E-state index contributed by atoms with van der Waals surface area (Å²) in [6.45, 7) is 0.830. The first-order chi connectivity index (χ1) is 9.78. The summed E-state index contributed by atoms with van der Waals surface area (Å²) in [5, 5.41) is 4.24. The van der Waals surface area contributed by atoms with Crippen LogP contribution in [0.25, 0.3) is 11.3 Å². The summed E-state index contributed by atoms with van der Waals surface area (Å²) in [6.07, 6.45) is 4.32. The molecule has 1 aliphatic rings. The van der Waals surface area contributed by atoms with Gasteiger partial charge < -0.3 is 10.1 Å². The van der Waals surface area contributed by atoms with E-state index in [0.29, 0.717) is 11.1 Å². The molecule has 1 aromatic heterocycles. The summed E-state index contributed by atoms with van der Waals surface area (Å²) in [4.78, 5) is 4.45.